The van der Waals surface area contributed by atoms with Crippen LogP contribution < -0.4 is 0 Å². The summed E-state index contributed by atoms with van der Waals surface area (Å²) in [6, 6.07) is 0. The highest BCUT2D eigenvalue weighted by Gasteiger charge is 2.71. The van der Waals surface area contributed by atoms with Crippen molar-refractivity contribution in [1.29, 1.82) is 0 Å². The number of rotatable bonds is 7. The zero-order valence-corrected chi connectivity index (χ0v) is 34.1. The molecular weight excluding hydrogens is 728 g/mol. The molecule has 0 radical (unpaired) electrons. The largest absolute Gasteiger partial charge is 0.481 e. The number of aliphatic hydroxyl groups excluding tert-OH is 8. The number of hydrogen-bond acceptors (Lipinski definition) is 13. The molecule has 4 saturated carbocycles. The summed E-state index contributed by atoms with van der Waals surface area (Å²) in [5.41, 5.74) is -1.04. The van der Waals surface area contributed by atoms with E-state index in [-0.39, 0.29) is 45.5 Å². The molecule has 9 N–H and O–H groups in total. The van der Waals surface area contributed by atoms with Crippen LogP contribution in [0.25, 0.3) is 0 Å². The van der Waals surface area contributed by atoms with Crippen LogP contribution in [0.3, 0.4) is 0 Å². The summed E-state index contributed by atoms with van der Waals surface area (Å²) in [5, 5.41) is 96.1. The lowest BCUT2D eigenvalue weighted by Crippen LogP contribution is -2.68. The van der Waals surface area contributed by atoms with E-state index >= 15 is 0 Å². The standard InChI is InChI=1S/C42H68O14/c1-37(2)14-15-42(36(51)52)21(16-37)20-8-9-25-39(5)12-11-27(38(3,4)24(39)10-13-40(25,6)41(20,7)17-26(42)45)55-34-32(50)30(48)33(23(19-44)54-34)56-35-31(49)29(47)28(46)22(18-43)53-35/h8,21-35,43-50H,9-19H2,1-7H3,(H,51,52)/t21-,22+,23+,24-,25+,26+,27-,28+,29-,30+,31+,32+,33+,34-,35-,39+,40-,41-,42-/m1/s1. The van der Waals surface area contributed by atoms with E-state index < -0.39 is 97.5 Å². The van der Waals surface area contributed by atoms with Crippen LogP contribution in [0.15, 0.2) is 11.6 Å². The molecule has 0 aromatic carbocycles. The highest BCUT2D eigenvalue weighted by Crippen LogP contribution is 2.76. The second kappa shape index (κ2) is 14.4. The third kappa shape index (κ3) is 6.13. The van der Waals surface area contributed by atoms with Crippen LogP contribution in [0.5, 0.6) is 0 Å². The fourth-order valence-corrected chi connectivity index (χ4v) is 13.8. The number of carbonyl (C=O) groups is 1. The number of ether oxygens (including phenoxy) is 4. The summed E-state index contributed by atoms with van der Waals surface area (Å²) in [6.45, 7) is 14.6. The number of hydrogen-bond donors (Lipinski definition) is 9. The second-order valence-corrected chi connectivity index (χ2v) is 20.8. The molecule has 2 heterocycles. The molecule has 19 atom stereocenters. The Kier molecular flexibility index (Phi) is 11.0. The molecule has 0 unspecified atom stereocenters. The Morgan fingerprint density at radius 3 is 2.00 bits per heavy atom. The van der Waals surface area contributed by atoms with E-state index in [1.807, 2.05) is 0 Å². The molecule has 0 amide bonds. The first-order valence-electron chi connectivity index (χ1n) is 20.9. The maximum atomic E-state index is 13.1. The van der Waals surface area contributed by atoms with Crippen LogP contribution in [0.2, 0.25) is 0 Å². The Bertz CT molecular complexity index is 1520. The summed E-state index contributed by atoms with van der Waals surface area (Å²) in [4.78, 5) is 13.1. The predicted octanol–water partition coefficient (Wildman–Crippen LogP) is 1.85. The fraction of sp³-hybridized carbons (Fsp3) is 0.929. The van der Waals surface area contributed by atoms with Crippen molar-refractivity contribution in [3.05, 3.63) is 11.6 Å². The summed E-state index contributed by atoms with van der Waals surface area (Å²) in [5.74, 6) is -0.629. The highest BCUT2D eigenvalue weighted by atomic mass is 16.7. The first kappa shape index (κ1) is 42.8. The Balaban J connectivity index is 1.10. The van der Waals surface area contributed by atoms with Gasteiger partial charge >= 0.3 is 5.97 Å². The quantitative estimate of drug-likeness (QED) is 0.132. The van der Waals surface area contributed by atoms with E-state index in [0.29, 0.717) is 19.3 Å². The van der Waals surface area contributed by atoms with E-state index in [2.05, 4.69) is 54.5 Å². The SMILES string of the molecule is CC1(C)CC[C@@]2(C(=O)O)[C@H](C1)C1=CC[C@H]3[C@@]4(C)CC[C@@H](O[C@H]5O[C@@H](CO)[C@H](O[C@H]6O[C@@H](CO)[C@H](O)[C@@H](O)[C@@H]6O)[C@@H](O)[C@@H]5O)C(C)(C)[C@H]4CC[C@@]3(C)[C@]1(C)C[C@@H]2O. The third-order valence-electron chi connectivity index (χ3n) is 17.3. The van der Waals surface area contributed by atoms with E-state index in [4.69, 9.17) is 18.9 Å². The van der Waals surface area contributed by atoms with E-state index in [0.717, 1.165) is 38.5 Å². The Labute approximate surface area is 330 Å². The van der Waals surface area contributed by atoms with Crippen molar-refractivity contribution in [1.82, 2.24) is 0 Å². The lowest BCUT2D eigenvalue weighted by Gasteiger charge is -2.71. The zero-order chi connectivity index (χ0) is 41.1. The van der Waals surface area contributed by atoms with Gasteiger partial charge in [-0.25, -0.2) is 0 Å². The first-order valence-corrected chi connectivity index (χ1v) is 20.9. The summed E-state index contributed by atoms with van der Waals surface area (Å²) in [6.07, 6.45) is -7.64. The van der Waals surface area contributed by atoms with Crippen molar-refractivity contribution in [2.24, 2.45) is 50.2 Å². The smallest absolute Gasteiger partial charge is 0.312 e. The Hall–Kier alpha value is -1.27. The van der Waals surface area contributed by atoms with Crippen LogP contribution in [-0.4, -0.2) is 139 Å². The van der Waals surface area contributed by atoms with Gasteiger partial charge in [-0.2, -0.15) is 0 Å². The Morgan fingerprint density at radius 1 is 0.732 bits per heavy atom. The number of carboxylic acid groups (broad SMARTS) is 1. The van der Waals surface area contributed by atoms with Gasteiger partial charge in [0.2, 0.25) is 0 Å². The van der Waals surface area contributed by atoms with Crippen molar-refractivity contribution >= 4 is 5.97 Å². The van der Waals surface area contributed by atoms with E-state index in [9.17, 15) is 50.8 Å². The molecule has 0 spiro atoms. The average molecular weight is 797 g/mol. The zero-order valence-electron chi connectivity index (χ0n) is 34.1. The van der Waals surface area contributed by atoms with Gasteiger partial charge < -0.3 is 64.9 Å². The minimum Gasteiger partial charge on any atom is -0.481 e. The van der Waals surface area contributed by atoms with Gasteiger partial charge in [-0.15, -0.1) is 0 Å². The van der Waals surface area contributed by atoms with Crippen LogP contribution in [0.1, 0.15) is 106 Å². The van der Waals surface area contributed by atoms with Gasteiger partial charge in [0.25, 0.3) is 0 Å². The number of fused-ring (bicyclic) bond motifs is 7. The molecule has 5 aliphatic carbocycles. The molecule has 56 heavy (non-hydrogen) atoms. The molecule has 0 aromatic rings. The fourth-order valence-electron chi connectivity index (χ4n) is 13.8. The van der Waals surface area contributed by atoms with Crippen LogP contribution in [0.4, 0.5) is 0 Å². The third-order valence-corrected chi connectivity index (χ3v) is 17.3. The molecule has 7 rings (SSSR count). The predicted molar refractivity (Wildman–Crippen MR) is 199 cm³/mol. The highest BCUT2D eigenvalue weighted by molar-refractivity contribution is 5.77. The molecule has 2 aliphatic heterocycles. The molecule has 320 valence electrons. The molecular formula is C42H68O14. The van der Waals surface area contributed by atoms with Gasteiger partial charge in [0.05, 0.1) is 25.4 Å². The van der Waals surface area contributed by atoms with Crippen LogP contribution in [0, 0.1) is 50.2 Å². The van der Waals surface area contributed by atoms with E-state index in [1.54, 1.807) is 0 Å². The molecule has 7 aliphatic rings. The van der Waals surface area contributed by atoms with Crippen molar-refractivity contribution < 1.29 is 69.7 Å². The molecule has 14 heteroatoms. The van der Waals surface area contributed by atoms with Gasteiger partial charge in [0, 0.05) is 0 Å². The normalized spacial score (nSPS) is 53.8. The topological polar surface area (TPSA) is 236 Å². The molecule has 2 saturated heterocycles. The van der Waals surface area contributed by atoms with Crippen molar-refractivity contribution in [3.63, 3.8) is 0 Å². The van der Waals surface area contributed by atoms with Crippen molar-refractivity contribution in [2.45, 2.75) is 180 Å². The van der Waals surface area contributed by atoms with Gasteiger partial charge in [-0.1, -0.05) is 60.1 Å². The number of carboxylic acids is 1. The number of aliphatic hydroxyl groups is 8. The second-order valence-electron chi connectivity index (χ2n) is 20.8. The Morgan fingerprint density at radius 2 is 1.36 bits per heavy atom. The lowest BCUT2D eigenvalue weighted by atomic mass is 9.33. The van der Waals surface area contributed by atoms with Crippen molar-refractivity contribution in [3.8, 4) is 0 Å². The maximum absolute atomic E-state index is 13.1. The summed E-state index contributed by atoms with van der Waals surface area (Å²) in [7, 11) is 0. The summed E-state index contributed by atoms with van der Waals surface area (Å²) >= 11 is 0. The van der Waals surface area contributed by atoms with Crippen molar-refractivity contribution in [2.75, 3.05) is 13.2 Å². The van der Waals surface area contributed by atoms with Gasteiger partial charge in [0.15, 0.2) is 12.6 Å². The van der Waals surface area contributed by atoms with E-state index in [1.165, 1.54) is 5.57 Å². The molecule has 0 bridgehead atoms. The minimum atomic E-state index is -1.75. The molecule has 14 nitrogen and oxygen atoms in total. The first-order chi connectivity index (χ1) is 26.0. The maximum Gasteiger partial charge on any atom is 0.312 e. The lowest BCUT2D eigenvalue weighted by molar-refractivity contribution is -0.368. The van der Waals surface area contributed by atoms with Gasteiger partial charge in [-0.05, 0) is 103 Å². The molecule has 0 aromatic heterocycles. The number of aliphatic carboxylic acids is 1. The number of allylic oxidation sites excluding steroid dienone is 2. The van der Waals surface area contributed by atoms with Crippen LogP contribution >= 0.6 is 0 Å². The minimum absolute atomic E-state index is 0.0205. The monoisotopic (exact) mass is 796 g/mol. The average Bonchev–Trinajstić information content (AvgIpc) is 3.12. The van der Waals surface area contributed by atoms with Gasteiger partial charge in [-0.3, -0.25) is 4.79 Å². The summed E-state index contributed by atoms with van der Waals surface area (Å²) < 4.78 is 23.8. The van der Waals surface area contributed by atoms with Crippen LogP contribution in [-0.2, 0) is 23.7 Å². The molecule has 6 fully saturated rings. The van der Waals surface area contributed by atoms with Gasteiger partial charge in [0.1, 0.15) is 54.2 Å².